The molecule has 7 nitrogen and oxygen atoms in total. The Morgan fingerprint density at radius 2 is 1.96 bits per heavy atom. The number of hydrogen-bond acceptors (Lipinski definition) is 5. The minimum atomic E-state index is -1.08. The summed E-state index contributed by atoms with van der Waals surface area (Å²) in [5.74, 6) is -0.542. The number of hydrogen-bond donors (Lipinski definition) is 1. The van der Waals surface area contributed by atoms with Crippen LogP contribution in [0.5, 0.6) is 5.75 Å². The second kappa shape index (κ2) is 6.66. The van der Waals surface area contributed by atoms with E-state index < -0.39 is 5.97 Å². The Labute approximate surface area is 157 Å². The highest BCUT2D eigenvalue weighted by Gasteiger charge is 2.33. The first kappa shape index (κ1) is 17.5. The molecule has 2 heterocycles. The molecule has 1 saturated carbocycles. The zero-order valence-corrected chi connectivity index (χ0v) is 15.6. The quantitative estimate of drug-likeness (QED) is 0.748. The molecule has 0 saturated heterocycles. The lowest BCUT2D eigenvalue weighted by Crippen LogP contribution is -2.46. The number of aromatic nitrogens is 3. The summed E-state index contributed by atoms with van der Waals surface area (Å²) in [7, 11) is 4.12. The van der Waals surface area contributed by atoms with Crippen molar-refractivity contribution < 1.29 is 14.6 Å². The number of fused-ring (bicyclic) bond motifs is 1. The van der Waals surface area contributed by atoms with Gasteiger partial charge in [0.25, 0.3) is 0 Å². The van der Waals surface area contributed by atoms with Gasteiger partial charge in [0.05, 0.1) is 16.8 Å². The van der Waals surface area contributed by atoms with Gasteiger partial charge in [0.1, 0.15) is 11.9 Å². The molecule has 27 heavy (non-hydrogen) atoms. The van der Waals surface area contributed by atoms with E-state index in [0.29, 0.717) is 17.4 Å². The largest absolute Gasteiger partial charge is 0.489 e. The highest BCUT2D eigenvalue weighted by atomic mass is 16.5. The molecule has 3 aromatic rings. The molecule has 1 aliphatic rings. The summed E-state index contributed by atoms with van der Waals surface area (Å²) in [6, 6.07) is 11.6. The molecule has 0 amide bonds. The van der Waals surface area contributed by atoms with Crippen LogP contribution in [-0.4, -0.2) is 57.0 Å². The van der Waals surface area contributed by atoms with Crippen molar-refractivity contribution in [3.05, 3.63) is 47.8 Å². The SMILES string of the molecule is Cc1nn(-c2ccccc2)c2nc(C(=O)O)cc(O[C@H]3C[C@@H](N(C)C)C3)c12. The molecular weight excluding hydrogens is 344 g/mol. The Kier molecular flexibility index (Phi) is 4.31. The maximum absolute atomic E-state index is 11.6. The van der Waals surface area contributed by atoms with Crippen LogP contribution in [0.1, 0.15) is 29.0 Å². The Bertz CT molecular complexity index is 991. The average molecular weight is 366 g/mol. The Balaban J connectivity index is 1.79. The van der Waals surface area contributed by atoms with Gasteiger partial charge in [-0.2, -0.15) is 5.10 Å². The molecule has 0 atom stereocenters. The second-order valence-corrected chi connectivity index (χ2v) is 7.17. The summed E-state index contributed by atoms with van der Waals surface area (Å²) in [5.41, 5.74) is 2.04. The molecule has 4 rings (SSSR count). The number of para-hydroxylation sites is 1. The van der Waals surface area contributed by atoms with Crippen molar-refractivity contribution >= 4 is 17.0 Å². The van der Waals surface area contributed by atoms with Crippen LogP contribution in [0.2, 0.25) is 0 Å². The average Bonchev–Trinajstić information content (AvgIpc) is 2.95. The molecule has 0 radical (unpaired) electrons. The van der Waals surface area contributed by atoms with Crippen LogP contribution < -0.4 is 4.74 Å². The van der Waals surface area contributed by atoms with Crippen molar-refractivity contribution in [2.45, 2.75) is 31.9 Å². The number of pyridine rings is 1. The third kappa shape index (κ3) is 3.14. The molecule has 0 bridgehead atoms. The standard InChI is InChI=1S/C20H22N4O3/c1-12-18-17(27-15-9-14(10-15)23(2)3)11-16(20(25)26)21-19(18)24(22-12)13-7-5-4-6-8-13/h4-8,11,14-15H,9-10H2,1-3H3,(H,25,26)/t14-,15+. The molecule has 140 valence electrons. The molecule has 1 aromatic carbocycles. The van der Waals surface area contributed by atoms with Crippen LogP contribution in [0, 0.1) is 6.92 Å². The van der Waals surface area contributed by atoms with Crippen LogP contribution in [0.15, 0.2) is 36.4 Å². The highest BCUT2D eigenvalue weighted by molar-refractivity contribution is 5.93. The van der Waals surface area contributed by atoms with Gasteiger partial charge in [-0.15, -0.1) is 0 Å². The van der Waals surface area contributed by atoms with E-state index in [0.717, 1.165) is 29.6 Å². The van der Waals surface area contributed by atoms with E-state index in [-0.39, 0.29) is 11.8 Å². The number of aryl methyl sites for hydroxylation is 1. The minimum Gasteiger partial charge on any atom is -0.489 e. The molecule has 7 heteroatoms. The first-order valence-corrected chi connectivity index (χ1v) is 8.96. The number of carboxylic acid groups (broad SMARTS) is 1. The van der Waals surface area contributed by atoms with Crippen LogP contribution in [0.25, 0.3) is 16.7 Å². The summed E-state index contributed by atoms with van der Waals surface area (Å²) < 4.78 is 7.86. The first-order valence-electron chi connectivity index (χ1n) is 8.96. The van der Waals surface area contributed by atoms with Crippen molar-refractivity contribution in [3.63, 3.8) is 0 Å². The van der Waals surface area contributed by atoms with Crippen LogP contribution in [-0.2, 0) is 0 Å². The summed E-state index contributed by atoms with van der Waals surface area (Å²) in [4.78, 5) is 18.1. The Morgan fingerprint density at radius 3 is 2.59 bits per heavy atom. The van der Waals surface area contributed by atoms with E-state index in [1.165, 1.54) is 6.07 Å². The second-order valence-electron chi connectivity index (χ2n) is 7.17. The fourth-order valence-electron chi connectivity index (χ4n) is 3.44. The van der Waals surface area contributed by atoms with Crippen molar-refractivity contribution in [2.75, 3.05) is 14.1 Å². The van der Waals surface area contributed by atoms with Crippen molar-refractivity contribution in [1.82, 2.24) is 19.7 Å². The van der Waals surface area contributed by atoms with Gasteiger partial charge in [-0.25, -0.2) is 14.5 Å². The maximum Gasteiger partial charge on any atom is 0.354 e. The topological polar surface area (TPSA) is 80.5 Å². The molecule has 1 fully saturated rings. The first-order chi connectivity index (χ1) is 12.9. The van der Waals surface area contributed by atoms with E-state index in [2.05, 4.69) is 29.1 Å². The van der Waals surface area contributed by atoms with Gasteiger partial charge in [0.15, 0.2) is 11.3 Å². The van der Waals surface area contributed by atoms with Gasteiger partial charge in [0.2, 0.25) is 0 Å². The summed E-state index contributed by atoms with van der Waals surface area (Å²) in [5, 5.41) is 14.9. The van der Waals surface area contributed by atoms with Crippen molar-refractivity contribution in [2.24, 2.45) is 0 Å². The number of benzene rings is 1. The normalized spacial score (nSPS) is 19.3. The molecule has 0 unspecified atom stereocenters. The third-order valence-corrected chi connectivity index (χ3v) is 5.09. The fourth-order valence-corrected chi connectivity index (χ4v) is 3.44. The van der Waals surface area contributed by atoms with Gasteiger partial charge < -0.3 is 14.7 Å². The Morgan fingerprint density at radius 1 is 1.26 bits per heavy atom. The molecule has 1 aliphatic carbocycles. The molecule has 2 aromatic heterocycles. The summed E-state index contributed by atoms with van der Waals surface area (Å²) in [6.07, 6.45) is 1.92. The number of carboxylic acids is 1. The third-order valence-electron chi connectivity index (χ3n) is 5.09. The number of rotatable bonds is 5. The lowest BCUT2D eigenvalue weighted by molar-refractivity contribution is 0.0408. The predicted octanol–water partition coefficient (Wildman–Crippen LogP) is 2.90. The van der Waals surface area contributed by atoms with E-state index in [9.17, 15) is 9.90 Å². The van der Waals surface area contributed by atoms with Gasteiger partial charge in [-0.05, 0) is 46.0 Å². The number of carbonyl (C=O) groups is 1. The molecule has 0 aliphatic heterocycles. The van der Waals surface area contributed by atoms with Crippen LogP contribution >= 0.6 is 0 Å². The van der Waals surface area contributed by atoms with Crippen molar-refractivity contribution in [1.29, 1.82) is 0 Å². The van der Waals surface area contributed by atoms with Crippen molar-refractivity contribution in [3.8, 4) is 11.4 Å². The smallest absolute Gasteiger partial charge is 0.354 e. The van der Waals surface area contributed by atoms with E-state index in [4.69, 9.17) is 4.74 Å². The molecule has 0 spiro atoms. The highest BCUT2D eigenvalue weighted by Crippen LogP contribution is 2.35. The van der Waals surface area contributed by atoms with Gasteiger partial charge in [-0.3, -0.25) is 0 Å². The number of ether oxygens (including phenoxy) is 1. The monoisotopic (exact) mass is 366 g/mol. The van der Waals surface area contributed by atoms with E-state index in [1.54, 1.807) is 4.68 Å². The molecular formula is C20H22N4O3. The fraction of sp³-hybridized carbons (Fsp3) is 0.350. The Hall–Kier alpha value is -2.93. The lowest BCUT2D eigenvalue weighted by Gasteiger charge is -2.39. The van der Waals surface area contributed by atoms with E-state index >= 15 is 0 Å². The minimum absolute atomic E-state index is 0.0435. The predicted molar refractivity (Wildman–Crippen MR) is 102 cm³/mol. The lowest BCUT2D eigenvalue weighted by atomic mass is 9.88. The van der Waals surface area contributed by atoms with Crippen LogP contribution in [0.4, 0.5) is 0 Å². The zero-order valence-electron chi connectivity index (χ0n) is 15.6. The van der Waals surface area contributed by atoms with Gasteiger partial charge >= 0.3 is 5.97 Å². The van der Waals surface area contributed by atoms with E-state index in [1.807, 2.05) is 37.3 Å². The summed E-state index contributed by atoms with van der Waals surface area (Å²) in [6.45, 7) is 1.89. The number of nitrogens with zero attached hydrogens (tertiary/aromatic N) is 4. The number of aromatic carboxylic acids is 1. The zero-order chi connectivity index (χ0) is 19.1. The van der Waals surface area contributed by atoms with Crippen LogP contribution in [0.3, 0.4) is 0 Å². The van der Waals surface area contributed by atoms with Gasteiger partial charge in [0, 0.05) is 12.1 Å². The molecule has 1 N–H and O–H groups in total. The van der Waals surface area contributed by atoms with Gasteiger partial charge in [-0.1, -0.05) is 18.2 Å². The maximum atomic E-state index is 11.6. The summed E-state index contributed by atoms with van der Waals surface area (Å²) >= 11 is 0.